The van der Waals surface area contributed by atoms with Gasteiger partial charge in [0.15, 0.2) is 0 Å². The van der Waals surface area contributed by atoms with Crippen LogP contribution in [0.5, 0.6) is 0 Å². The van der Waals surface area contributed by atoms with Gasteiger partial charge in [-0.3, -0.25) is 14.5 Å². The van der Waals surface area contributed by atoms with Gasteiger partial charge in [0.2, 0.25) is 11.8 Å². The summed E-state index contributed by atoms with van der Waals surface area (Å²) in [4.78, 5) is 30.4. The van der Waals surface area contributed by atoms with Crippen LogP contribution in [0.3, 0.4) is 0 Å². The first-order valence-corrected chi connectivity index (χ1v) is 8.93. The maximum atomic E-state index is 12.7. The van der Waals surface area contributed by atoms with E-state index in [0.717, 1.165) is 22.1 Å². The van der Waals surface area contributed by atoms with Crippen molar-refractivity contribution in [3.05, 3.63) is 58.2 Å². The number of rotatable bonds is 1. The Morgan fingerprint density at radius 1 is 1.04 bits per heavy atom. The van der Waals surface area contributed by atoms with Gasteiger partial charge in [0.1, 0.15) is 0 Å². The number of H-pyrrole nitrogens is 1. The molecular weight excluding hydrogens is 368 g/mol. The Balaban J connectivity index is 1.50. The Morgan fingerprint density at radius 3 is 2.46 bits per heavy atom. The lowest BCUT2D eigenvalue weighted by Crippen LogP contribution is -2.41. The molecule has 2 heterocycles. The molecule has 3 aliphatic rings. The van der Waals surface area contributed by atoms with Gasteiger partial charge in [-0.15, -0.1) is 0 Å². The number of hydrogen-bond acceptors (Lipinski definition) is 2. The predicted molar refractivity (Wildman–Crippen MR) is 94.3 cm³/mol. The third-order valence-electron chi connectivity index (χ3n) is 5.38. The third-order valence-corrected chi connectivity index (χ3v) is 5.87. The fourth-order valence-corrected chi connectivity index (χ4v) is 4.64. The first-order valence-electron chi connectivity index (χ1n) is 8.14. The van der Waals surface area contributed by atoms with Crippen molar-refractivity contribution < 1.29 is 9.59 Å². The van der Waals surface area contributed by atoms with Gasteiger partial charge in [-0.25, -0.2) is 0 Å². The van der Waals surface area contributed by atoms with Crippen LogP contribution in [0.25, 0.3) is 10.9 Å². The van der Waals surface area contributed by atoms with Crippen LogP contribution >= 0.6 is 15.9 Å². The van der Waals surface area contributed by atoms with Gasteiger partial charge in [-0.05, 0) is 30.2 Å². The highest BCUT2D eigenvalue weighted by Crippen LogP contribution is 2.38. The van der Waals surface area contributed by atoms with Crippen molar-refractivity contribution in [3.8, 4) is 0 Å². The smallest absolute Gasteiger partial charge is 0.237 e. The van der Waals surface area contributed by atoms with E-state index in [-0.39, 0.29) is 29.7 Å². The van der Waals surface area contributed by atoms with Gasteiger partial charge >= 0.3 is 0 Å². The number of hydrogen-bond donors (Lipinski definition) is 1. The molecule has 5 heteroatoms. The van der Waals surface area contributed by atoms with Crippen LogP contribution in [0.1, 0.15) is 11.3 Å². The van der Waals surface area contributed by atoms with E-state index in [0.29, 0.717) is 6.42 Å². The first-order chi connectivity index (χ1) is 11.6. The van der Waals surface area contributed by atoms with Crippen molar-refractivity contribution in [1.82, 2.24) is 9.88 Å². The number of halogens is 1. The number of likely N-dealkylation sites (tertiary alicyclic amines) is 1. The number of carbonyl (C=O) groups excluding carboxylic acids is 2. The maximum absolute atomic E-state index is 12.7. The SMILES string of the molecule is O=C1C2C=CC=CC2C(=O)N1C1Cc2[nH]c3ccc(Br)cc3c2C1. The number of nitrogens with one attached hydrogen (secondary N) is 1. The zero-order valence-electron chi connectivity index (χ0n) is 12.8. The summed E-state index contributed by atoms with van der Waals surface area (Å²) in [5.74, 6) is -0.725. The number of benzene rings is 1. The standard InChI is InChI=1S/C19H15BrN2O2/c20-10-5-6-16-14(7-10)15-8-11(9-17(15)21-16)22-18(23)12-3-1-2-4-13(12)19(22)24/h1-7,11-13,21H,8-9H2. The van der Waals surface area contributed by atoms with E-state index in [4.69, 9.17) is 0 Å². The zero-order chi connectivity index (χ0) is 16.4. The van der Waals surface area contributed by atoms with Crippen LogP contribution in [0, 0.1) is 11.8 Å². The maximum Gasteiger partial charge on any atom is 0.237 e. The molecule has 0 radical (unpaired) electrons. The molecule has 3 unspecified atom stereocenters. The number of imide groups is 1. The average molecular weight is 383 g/mol. The topological polar surface area (TPSA) is 53.2 Å². The molecule has 120 valence electrons. The molecule has 5 rings (SSSR count). The molecule has 0 saturated carbocycles. The van der Waals surface area contributed by atoms with Gasteiger partial charge in [-0.2, -0.15) is 0 Å². The molecule has 2 aromatic rings. The Labute approximate surface area is 147 Å². The highest BCUT2D eigenvalue weighted by atomic mass is 79.9. The summed E-state index contributed by atoms with van der Waals surface area (Å²) in [7, 11) is 0. The number of amides is 2. The van der Waals surface area contributed by atoms with E-state index in [9.17, 15) is 9.59 Å². The molecule has 1 aliphatic heterocycles. The fraction of sp³-hybridized carbons (Fsp3) is 0.263. The van der Waals surface area contributed by atoms with E-state index >= 15 is 0 Å². The minimum atomic E-state index is -0.313. The molecule has 3 atom stereocenters. The molecule has 1 aromatic heterocycles. The Morgan fingerprint density at radius 2 is 1.75 bits per heavy atom. The van der Waals surface area contributed by atoms with Crippen LogP contribution in [0.15, 0.2) is 47.0 Å². The van der Waals surface area contributed by atoms with E-state index in [1.54, 1.807) is 0 Å². The van der Waals surface area contributed by atoms with E-state index in [1.165, 1.54) is 15.8 Å². The average Bonchev–Trinajstić information content (AvgIpc) is 3.19. The summed E-state index contributed by atoms with van der Waals surface area (Å²) in [5.41, 5.74) is 3.49. The zero-order valence-corrected chi connectivity index (χ0v) is 14.4. The van der Waals surface area contributed by atoms with Crippen LogP contribution in [-0.2, 0) is 22.4 Å². The second kappa shape index (κ2) is 4.93. The Hall–Kier alpha value is -2.14. The van der Waals surface area contributed by atoms with E-state index in [1.807, 2.05) is 30.4 Å². The number of allylic oxidation sites excluding steroid dienone is 2. The lowest BCUT2D eigenvalue weighted by molar-refractivity contribution is -0.141. The number of aromatic nitrogens is 1. The monoisotopic (exact) mass is 382 g/mol. The van der Waals surface area contributed by atoms with Crippen molar-refractivity contribution in [2.45, 2.75) is 18.9 Å². The Kier molecular flexibility index (Phi) is 2.92. The second-order valence-corrected chi connectivity index (χ2v) is 7.62. The number of fused-ring (bicyclic) bond motifs is 4. The molecule has 1 N–H and O–H groups in total. The summed E-state index contributed by atoms with van der Waals surface area (Å²) in [5, 5.41) is 1.18. The largest absolute Gasteiger partial charge is 0.358 e. The fourth-order valence-electron chi connectivity index (χ4n) is 4.28. The molecular formula is C19H15BrN2O2. The van der Waals surface area contributed by atoms with Gasteiger partial charge in [0.25, 0.3) is 0 Å². The lowest BCUT2D eigenvalue weighted by Gasteiger charge is -2.22. The minimum absolute atomic E-state index is 0.0498. The van der Waals surface area contributed by atoms with Crippen molar-refractivity contribution in [2.75, 3.05) is 0 Å². The summed E-state index contributed by atoms with van der Waals surface area (Å²) >= 11 is 3.52. The molecule has 2 aliphatic carbocycles. The normalized spacial score (nSPS) is 28.0. The highest BCUT2D eigenvalue weighted by molar-refractivity contribution is 9.10. The first kappa shape index (κ1) is 14.2. The summed E-state index contributed by atoms with van der Waals surface area (Å²) in [6, 6.07) is 6.11. The van der Waals surface area contributed by atoms with Crippen LogP contribution in [0.4, 0.5) is 0 Å². The van der Waals surface area contributed by atoms with Crippen molar-refractivity contribution in [2.24, 2.45) is 11.8 Å². The number of carbonyl (C=O) groups is 2. The lowest BCUT2D eigenvalue weighted by atomic mass is 9.91. The van der Waals surface area contributed by atoms with E-state index < -0.39 is 0 Å². The molecule has 0 spiro atoms. The van der Waals surface area contributed by atoms with Gasteiger partial charge in [0.05, 0.1) is 11.8 Å². The third kappa shape index (κ3) is 1.85. The molecule has 1 aromatic carbocycles. The molecule has 1 saturated heterocycles. The highest BCUT2D eigenvalue weighted by Gasteiger charge is 2.49. The van der Waals surface area contributed by atoms with Gasteiger partial charge in [0, 0.05) is 33.5 Å². The van der Waals surface area contributed by atoms with Gasteiger partial charge < -0.3 is 4.98 Å². The van der Waals surface area contributed by atoms with Crippen LogP contribution < -0.4 is 0 Å². The van der Waals surface area contributed by atoms with Crippen molar-refractivity contribution in [3.63, 3.8) is 0 Å². The summed E-state index contributed by atoms with van der Waals surface area (Å²) < 4.78 is 1.04. The van der Waals surface area contributed by atoms with Gasteiger partial charge in [-0.1, -0.05) is 40.2 Å². The minimum Gasteiger partial charge on any atom is -0.358 e. The van der Waals surface area contributed by atoms with Crippen molar-refractivity contribution in [1.29, 1.82) is 0 Å². The second-order valence-electron chi connectivity index (χ2n) is 6.70. The molecule has 0 bridgehead atoms. The molecule has 4 nitrogen and oxygen atoms in total. The molecule has 2 amide bonds. The quantitative estimate of drug-likeness (QED) is 0.770. The van der Waals surface area contributed by atoms with Crippen LogP contribution in [-0.4, -0.2) is 27.7 Å². The Bertz CT molecular complexity index is 926. The number of nitrogens with zero attached hydrogens (tertiary/aromatic N) is 1. The summed E-state index contributed by atoms with van der Waals surface area (Å²) in [6.45, 7) is 0. The molecule has 24 heavy (non-hydrogen) atoms. The predicted octanol–water partition coefficient (Wildman–Crippen LogP) is 3.12. The van der Waals surface area contributed by atoms with Crippen molar-refractivity contribution >= 4 is 38.6 Å². The molecule has 1 fully saturated rings. The summed E-state index contributed by atoms with van der Waals surface area (Å²) in [6.07, 6.45) is 8.87. The van der Waals surface area contributed by atoms with E-state index in [2.05, 4.69) is 33.0 Å². The van der Waals surface area contributed by atoms with Crippen LogP contribution in [0.2, 0.25) is 0 Å². The number of aromatic amines is 1.